The minimum atomic E-state index is -0.861. The van der Waals surface area contributed by atoms with Crippen LogP contribution in [0.2, 0.25) is 5.02 Å². The van der Waals surface area contributed by atoms with E-state index in [0.717, 1.165) is 11.6 Å². The van der Waals surface area contributed by atoms with E-state index < -0.39 is 11.6 Å². The van der Waals surface area contributed by atoms with Gasteiger partial charge in [0.25, 0.3) is 0 Å². The highest BCUT2D eigenvalue weighted by Gasteiger charge is 2.12. The molecular weight excluding hydrogens is 296 g/mol. The summed E-state index contributed by atoms with van der Waals surface area (Å²) in [5.74, 6) is -1.01. The van der Waals surface area contributed by atoms with Crippen molar-refractivity contribution in [1.82, 2.24) is 0 Å². The lowest BCUT2D eigenvalue weighted by molar-refractivity contribution is 0.407. The van der Waals surface area contributed by atoms with Crippen molar-refractivity contribution < 1.29 is 13.5 Å². The molecule has 0 bridgehead atoms. The largest absolute Gasteiger partial charge is 0.496 e. The van der Waals surface area contributed by atoms with Gasteiger partial charge in [-0.3, -0.25) is 0 Å². The lowest BCUT2D eigenvalue weighted by atomic mass is 9.99. The van der Waals surface area contributed by atoms with Crippen molar-refractivity contribution in [2.45, 2.75) is 18.9 Å². The van der Waals surface area contributed by atoms with Crippen molar-refractivity contribution in [3.8, 4) is 5.75 Å². The molecule has 0 heterocycles. The van der Waals surface area contributed by atoms with E-state index in [1.54, 1.807) is 25.3 Å². The van der Waals surface area contributed by atoms with Crippen LogP contribution in [0.25, 0.3) is 0 Å². The van der Waals surface area contributed by atoms with Gasteiger partial charge in [-0.2, -0.15) is 0 Å². The first kappa shape index (κ1) is 15.7. The second kappa shape index (κ2) is 6.87. The van der Waals surface area contributed by atoms with E-state index >= 15 is 0 Å². The lowest BCUT2D eigenvalue weighted by Crippen LogP contribution is -2.25. The zero-order valence-electron chi connectivity index (χ0n) is 11.6. The number of methoxy groups -OCH3 is 1. The van der Waals surface area contributed by atoms with Gasteiger partial charge in [0.2, 0.25) is 0 Å². The SMILES string of the molecule is COc1ccc(Cl)cc1CC(N)Cc1ccc(F)c(F)c1. The third kappa shape index (κ3) is 4.16. The van der Waals surface area contributed by atoms with Crippen LogP contribution < -0.4 is 10.5 Å². The fourth-order valence-corrected chi connectivity index (χ4v) is 2.43. The van der Waals surface area contributed by atoms with E-state index in [1.807, 2.05) is 0 Å². The quantitative estimate of drug-likeness (QED) is 0.913. The minimum Gasteiger partial charge on any atom is -0.496 e. The fourth-order valence-electron chi connectivity index (χ4n) is 2.23. The molecule has 5 heteroatoms. The van der Waals surface area contributed by atoms with Crippen LogP contribution in [0.1, 0.15) is 11.1 Å². The molecule has 0 aliphatic carbocycles. The van der Waals surface area contributed by atoms with Gasteiger partial charge in [0, 0.05) is 11.1 Å². The Balaban J connectivity index is 2.09. The Hall–Kier alpha value is -1.65. The zero-order chi connectivity index (χ0) is 15.4. The third-order valence-corrected chi connectivity index (χ3v) is 3.44. The molecule has 0 aliphatic heterocycles. The van der Waals surface area contributed by atoms with Crippen LogP contribution in [-0.4, -0.2) is 13.2 Å². The summed E-state index contributed by atoms with van der Waals surface area (Å²) in [7, 11) is 1.58. The maximum absolute atomic E-state index is 13.2. The number of nitrogens with two attached hydrogens (primary N) is 1. The van der Waals surface area contributed by atoms with Crippen molar-refractivity contribution in [2.24, 2.45) is 5.73 Å². The summed E-state index contributed by atoms with van der Waals surface area (Å²) in [6.07, 6.45) is 0.968. The molecule has 1 atom stereocenters. The fraction of sp³-hybridized carbons (Fsp3) is 0.250. The molecule has 2 rings (SSSR count). The molecule has 2 nitrogen and oxygen atoms in total. The van der Waals surface area contributed by atoms with E-state index in [2.05, 4.69) is 0 Å². The Labute approximate surface area is 127 Å². The van der Waals surface area contributed by atoms with Gasteiger partial charge in [0.1, 0.15) is 5.75 Å². The third-order valence-electron chi connectivity index (χ3n) is 3.21. The van der Waals surface area contributed by atoms with Crippen molar-refractivity contribution >= 4 is 11.6 Å². The molecule has 0 saturated carbocycles. The maximum atomic E-state index is 13.2. The number of hydrogen-bond acceptors (Lipinski definition) is 2. The topological polar surface area (TPSA) is 35.2 Å². The normalized spacial score (nSPS) is 12.2. The summed E-state index contributed by atoms with van der Waals surface area (Å²) in [4.78, 5) is 0. The predicted octanol–water partition coefficient (Wildman–Crippen LogP) is 3.74. The lowest BCUT2D eigenvalue weighted by Gasteiger charge is -2.15. The molecule has 21 heavy (non-hydrogen) atoms. The monoisotopic (exact) mass is 311 g/mol. The van der Waals surface area contributed by atoms with Gasteiger partial charge in [0.05, 0.1) is 7.11 Å². The molecule has 0 radical (unpaired) electrons. The maximum Gasteiger partial charge on any atom is 0.159 e. The van der Waals surface area contributed by atoms with Crippen molar-refractivity contribution in [1.29, 1.82) is 0 Å². The predicted molar refractivity (Wildman–Crippen MR) is 79.7 cm³/mol. The highest BCUT2D eigenvalue weighted by molar-refractivity contribution is 6.30. The minimum absolute atomic E-state index is 0.248. The van der Waals surface area contributed by atoms with Crippen LogP contribution in [0.3, 0.4) is 0 Å². The summed E-state index contributed by atoms with van der Waals surface area (Å²) in [5.41, 5.74) is 7.63. The molecule has 2 N–H and O–H groups in total. The van der Waals surface area contributed by atoms with Crippen LogP contribution in [0.15, 0.2) is 36.4 Å². The van der Waals surface area contributed by atoms with Crippen molar-refractivity contribution in [3.63, 3.8) is 0 Å². The first-order chi connectivity index (χ1) is 9.99. The van der Waals surface area contributed by atoms with Gasteiger partial charge in [-0.1, -0.05) is 17.7 Å². The van der Waals surface area contributed by atoms with Gasteiger partial charge in [0.15, 0.2) is 11.6 Å². The van der Waals surface area contributed by atoms with Gasteiger partial charge >= 0.3 is 0 Å². The molecule has 0 saturated heterocycles. The molecule has 0 aromatic heterocycles. The summed E-state index contributed by atoms with van der Waals surface area (Å²) in [5, 5.41) is 0.603. The molecule has 0 aliphatic rings. The highest BCUT2D eigenvalue weighted by Crippen LogP contribution is 2.24. The van der Waals surface area contributed by atoms with E-state index in [0.29, 0.717) is 29.2 Å². The van der Waals surface area contributed by atoms with Crippen LogP contribution in [0.4, 0.5) is 8.78 Å². The second-order valence-electron chi connectivity index (χ2n) is 4.87. The molecule has 2 aromatic rings. The molecule has 0 amide bonds. The molecule has 0 spiro atoms. The van der Waals surface area contributed by atoms with Crippen molar-refractivity contribution in [3.05, 3.63) is 64.2 Å². The number of benzene rings is 2. The summed E-state index contributed by atoms with van der Waals surface area (Å²) in [6, 6.07) is 8.88. The smallest absolute Gasteiger partial charge is 0.159 e. The van der Waals surface area contributed by atoms with E-state index in [9.17, 15) is 8.78 Å². The van der Waals surface area contributed by atoms with Gasteiger partial charge in [-0.05, 0) is 54.3 Å². The van der Waals surface area contributed by atoms with Crippen LogP contribution in [0, 0.1) is 11.6 Å². The number of halogens is 3. The van der Waals surface area contributed by atoms with E-state index in [4.69, 9.17) is 22.1 Å². The van der Waals surface area contributed by atoms with Gasteiger partial charge in [-0.25, -0.2) is 8.78 Å². The van der Waals surface area contributed by atoms with Gasteiger partial charge in [-0.15, -0.1) is 0 Å². The molecule has 2 aromatic carbocycles. The van der Waals surface area contributed by atoms with Crippen LogP contribution in [-0.2, 0) is 12.8 Å². The number of hydrogen-bond donors (Lipinski definition) is 1. The second-order valence-corrected chi connectivity index (χ2v) is 5.31. The van der Waals surface area contributed by atoms with Crippen LogP contribution >= 0.6 is 11.6 Å². The Kier molecular flexibility index (Phi) is 5.15. The first-order valence-corrected chi connectivity index (χ1v) is 6.89. The van der Waals surface area contributed by atoms with Crippen molar-refractivity contribution in [2.75, 3.05) is 7.11 Å². The average molecular weight is 312 g/mol. The number of ether oxygens (including phenoxy) is 1. The first-order valence-electron chi connectivity index (χ1n) is 6.51. The summed E-state index contributed by atoms with van der Waals surface area (Å²) < 4.78 is 31.3. The Bertz CT molecular complexity index is 634. The van der Waals surface area contributed by atoms with E-state index in [-0.39, 0.29) is 6.04 Å². The molecule has 112 valence electrons. The zero-order valence-corrected chi connectivity index (χ0v) is 12.3. The molecular formula is C16H16ClF2NO. The Morgan fingerprint density at radius 1 is 1.10 bits per heavy atom. The highest BCUT2D eigenvalue weighted by atomic mass is 35.5. The average Bonchev–Trinajstić information content (AvgIpc) is 2.43. The molecule has 0 fully saturated rings. The summed E-state index contributed by atoms with van der Waals surface area (Å²) in [6.45, 7) is 0. The van der Waals surface area contributed by atoms with E-state index in [1.165, 1.54) is 12.1 Å². The Morgan fingerprint density at radius 3 is 2.52 bits per heavy atom. The standard InChI is InChI=1S/C16H16ClF2NO/c1-21-16-5-3-12(17)8-11(16)9-13(20)6-10-2-4-14(18)15(19)7-10/h2-5,7-8,13H,6,9,20H2,1H3. The molecule has 1 unspecified atom stereocenters. The summed E-state index contributed by atoms with van der Waals surface area (Å²) >= 11 is 5.97. The van der Waals surface area contributed by atoms with Gasteiger partial charge < -0.3 is 10.5 Å². The number of rotatable bonds is 5. The van der Waals surface area contributed by atoms with Crippen LogP contribution in [0.5, 0.6) is 5.75 Å². The Morgan fingerprint density at radius 2 is 1.86 bits per heavy atom.